The molecule has 4 aromatic rings. The predicted octanol–water partition coefficient (Wildman–Crippen LogP) is 7.69. The molecule has 0 aromatic heterocycles. The van der Waals surface area contributed by atoms with Crippen LogP contribution < -0.4 is 10.6 Å². The Labute approximate surface area is 238 Å². The molecule has 4 nitrogen and oxygen atoms in total. The number of nitrogens with one attached hydrogen (secondary N) is 2. The van der Waals surface area contributed by atoms with Crippen LogP contribution >= 0.6 is 0 Å². The van der Waals surface area contributed by atoms with Gasteiger partial charge in [-0.1, -0.05) is 86.6 Å². The first kappa shape index (κ1) is 28.8. The Hall–Kier alpha value is -4.18. The van der Waals surface area contributed by atoms with Gasteiger partial charge in [0, 0.05) is 11.4 Å². The molecule has 0 fully saturated rings. The van der Waals surface area contributed by atoms with Crippen LogP contribution in [0.1, 0.15) is 63.9 Å². The van der Waals surface area contributed by atoms with Gasteiger partial charge >= 0.3 is 0 Å². The van der Waals surface area contributed by atoms with E-state index < -0.39 is 0 Å². The van der Waals surface area contributed by atoms with Crippen molar-refractivity contribution in [2.24, 2.45) is 0 Å². The SMILES string of the molecule is CCc1cc(Cc2cc(C)c(NC(=O)Cc3ccccc3C)c(CC)c2)ccc1NC(=O)Cc1ccccc1C. The van der Waals surface area contributed by atoms with Crippen LogP contribution in [0.4, 0.5) is 11.4 Å². The van der Waals surface area contributed by atoms with E-state index in [0.29, 0.717) is 12.8 Å². The maximum atomic E-state index is 12.9. The summed E-state index contributed by atoms with van der Waals surface area (Å²) in [6.07, 6.45) is 3.19. The zero-order valence-electron chi connectivity index (χ0n) is 24.4. The van der Waals surface area contributed by atoms with Crippen molar-refractivity contribution in [3.05, 3.63) is 129 Å². The second-order valence-electron chi connectivity index (χ2n) is 10.6. The van der Waals surface area contributed by atoms with Crippen molar-refractivity contribution in [3.63, 3.8) is 0 Å². The van der Waals surface area contributed by atoms with Gasteiger partial charge in [0.25, 0.3) is 0 Å². The fourth-order valence-electron chi connectivity index (χ4n) is 5.25. The molecular formula is C36H40N2O2. The van der Waals surface area contributed by atoms with Crippen LogP contribution in [0, 0.1) is 20.8 Å². The lowest BCUT2D eigenvalue weighted by Gasteiger charge is -2.17. The van der Waals surface area contributed by atoms with Crippen LogP contribution in [-0.4, -0.2) is 11.8 Å². The van der Waals surface area contributed by atoms with Crippen LogP contribution in [0.15, 0.2) is 78.9 Å². The highest BCUT2D eigenvalue weighted by atomic mass is 16.2. The molecule has 0 aliphatic rings. The highest BCUT2D eigenvalue weighted by molar-refractivity contribution is 5.94. The van der Waals surface area contributed by atoms with E-state index in [9.17, 15) is 9.59 Å². The fourth-order valence-corrected chi connectivity index (χ4v) is 5.25. The normalized spacial score (nSPS) is 10.8. The Balaban J connectivity index is 1.46. The van der Waals surface area contributed by atoms with Crippen LogP contribution in [0.25, 0.3) is 0 Å². The summed E-state index contributed by atoms with van der Waals surface area (Å²) in [6, 6.07) is 26.7. The third kappa shape index (κ3) is 7.26. The average molecular weight is 533 g/mol. The third-order valence-corrected chi connectivity index (χ3v) is 7.58. The highest BCUT2D eigenvalue weighted by Gasteiger charge is 2.14. The smallest absolute Gasteiger partial charge is 0.228 e. The second kappa shape index (κ2) is 13.3. The van der Waals surface area contributed by atoms with E-state index in [1.54, 1.807) is 0 Å². The summed E-state index contributed by atoms with van der Waals surface area (Å²) in [7, 11) is 0. The van der Waals surface area contributed by atoms with E-state index in [1.807, 2.05) is 68.4 Å². The van der Waals surface area contributed by atoms with Crippen LogP contribution in [0.3, 0.4) is 0 Å². The van der Waals surface area contributed by atoms with Crippen molar-refractivity contribution in [3.8, 4) is 0 Å². The standard InChI is InChI=1S/C36H40N2O2/c1-6-29-20-27(16-17-33(29)37-34(39)22-31-14-10-8-12-24(31)3)19-28-18-26(5)36(30(7-2)21-28)38-35(40)23-32-15-11-9-13-25(32)4/h8-18,20-21H,6-7,19,22-23H2,1-5H3,(H,37,39)(H,38,40). The molecule has 4 rings (SSSR count). The summed E-state index contributed by atoms with van der Waals surface area (Å²) in [4.78, 5) is 25.7. The lowest BCUT2D eigenvalue weighted by atomic mass is 9.95. The molecule has 0 saturated heterocycles. The van der Waals surface area contributed by atoms with Crippen LogP contribution in [-0.2, 0) is 41.7 Å². The number of carbonyl (C=O) groups is 2. The van der Waals surface area contributed by atoms with Gasteiger partial charge in [-0.2, -0.15) is 0 Å². The molecule has 0 aliphatic heterocycles. The van der Waals surface area contributed by atoms with Crippen molar-refractivity contribution in [1.82, 2.24) is 0 Å². The minimum absolute atomic E-state index is 0.0000215. The number of aryl methyl sites for hydroxylation is 5. The molecule has 2 N–H and O–H groups in total. The van der Waals surface area contributed by atoms with E-state index in [0.717, 1.165) is 69.6 Å². The maximum Gasteiger partial charge on any atom is 0.228 e. The summed E-state index contributed by atoms with van der Waals surface area (Å²) in [5, 5.41) is 6.30. The molecule has 0 saturated carbocycles. The van der Waals surface area contributed by atoms with Crippen molar-refractivity contribution >= 4 is 23.2 Å². The quantitative estimate of drug-likeness (QED) is 0.220. The Bertz CT molecular complexity index is 1520. The summed E-state index contributed by atoms with van der Waals surface area (Å²) < 4.78 is 0. The third-order valence-electron chi connectivity index (χ3n) is 7.58. The molecule has 0 unspecified atom stereocenters. The summed E-state index contributed by atoms with van der Waals surface area (Å²) in [6.45, 7) is 10.4. The van der Waals surface area contributed by atoms with Gasteiger partial charge in [0.05, 0.1) is 12.8 Å². The molecule has 0 spiro atoms. The fraction of sp³-hybridized carbons (Fsp3) is 0.278. The monoisotopic (exact) mass is 532 g/mol. The van der Waals surface area contributed by atoms with E-state index in [2.05, 4.69) is 55.7 Å². The lowest BCUT2D eigenvalue weighted by molar-refractivity contribution is -0.116. The Morgan fingerprint density at radius 1 is 0.575 bits per heavy atom. The molecule has 0 heterocycles. The first-order valence-electron chi connectivity index (χ1n) is 14.2. The molecule has 206 valence electrons. The minimum atomic E-state index is 0.0000215. The molecule has 0 aliphatic carbocycles. The van der Waals surface area contributed by atoms with Crippen molar-refractivity contribution in [1.29, 1.82) is 0 Å². The van der Waals surface area contributed by atoms with E-state index in [1.165, 1.54) is 11.1 Å². The second-order valence-corrected chi connectivity index (χ2v) is 10.6. The summed E-state index contributed by atoms with van der Waals surface area (Å²) >= 11 is 0. The number of carbonyl (C=O) groups excluding carboxylic acids is 2. The Morgan fingerprint density at radius 2 is 1.12 bits per heavy atom. The molecule has 4 aromatic carbocycles. The van der Waals surface area contributed by atoms with Gasteiger partial charge < -0.3 is 10.6 Å². The minimum Gasteiger partial charge on any atom is -0.326 e. The van der Waals surface area contributed by atoms with E-state index >= 15 is 0 Å². The Morgan fingerprint density at radius 3 is 1.70 bits per heavy atom. The largest absolute Gasteiger partial charge is 0.326 e. The average Bonchev–Trinajstić information content (AvgIpc) is 2.93. The predicted molar refractivity (Wildman–Crippen MR) is 166 cm³/mol. The van der Waals surface area contributed by atoms with Gasteiger partial charge in [-0.25, -0.2) is 0 Å². The number of amides is 2. The van der Waals surface area contributed by atoms with E-state index in [-0.39, 0.29) is 11.8 Å². The van der Waals surface area contributed by atoms with Crippen molar-refractivity contribution < 1.29 is 9.59 Å². The molecule has 0 radical (unpaired) electrons. The zero-order chi connectivity index (χ0) is 28.6. The number of rotatable bonds is 10. The number of benzene rings is 4. The van der Waals surface area contributed by atoms with Crippen molar-refractivity contribution in [2.75, 3.05) is 10.6 Å². The maximum absolute atomic E-state index is 12.9. The molecule has 0 bridgehead atoms. The first-order valence-corrected chi connectivity index (χ1v) is 14.2. The van der Waals surface area contributed by atoms with Gasteiger partial charge in [-0.05, 0) is 96.2 Å². The molecule has 4 heteroatoms. The molecule has 0 atom stereocenters. The Kier molecular flexibility index (Phi) is 9.55. The summed E-state index contributed by atoms with van der Waals surface area (Å²) in [5.41, 5.74) is 11.9. The van der Waals surface area contributed by atoms with Crippen LogP contribution in [0.2, 0.25) is 0 Å². The molecule has 2 amide bonds. The zero-order valence-corrected chi connectivity index (χ0v) is 24.4. The van der Waals surface area contributed by atoms with Gasteiger partial charge in [0.15, 0.2) is 0 Å². The van der Waals surface area contributed by atoms with Crippen LogP contribution in [0.5, 0.6) is 0 Å². The van der Waals surface area contributed by atoms with Gasteiger partial charge in [-0.3, -0.25) is 9.59 Å². The van der Waals surface area contributed by atoms with E-state index in [4.69, 9.17) is 0 Å². The molecular weight excluding hydrogens is 492 g/mol. The van der Waals surface area contributed by atoms with Gasteiger partial charge in [0.1, 0.15) is 0 Å². The first-order chi connectivity index (χ1) is 19.3. The number of anilines is 2. The lowest BCUT2D eigenvalue weighted by Crippen LogP contribution is -2.17. The molecule has 40 heavy (non-hydrogen) atoms. The topological polar surface area (TPSA) is 58.2 Å². The number of hydrogen-bond acceptors (Lipinski definition) is 2. The highest BCUT2D eigenvalue weighted by Crippen LogP contribution is 2.27. The van der Waals surface area contributed by atoms with Gasteiger partial charge in [-0.15, -0.1) is 0 Å². The van der Waals surface area contributed by atoms with Gasteiger partial charge in [0.2, 0.25) is 11.8 Å². The number of hydrogen-bond donors (Lipinski definition) is 2. The summed E-state index contributed by atoms with van der Waals surface area (Å²) in [5.74, 6) is 0.00696. The van der Waals surface area contributed by atoms with Crippen molar-refractivity contribution in [2.45, 2.75) is 66.7 Å².